The van der Waals surface area contributed by atoms with Crippen LogP contribution in [0.15, 0.2) is 33.2 Å². The first-order valence-corrected chi connectivity index (χ1v) is 9.80. The number of carboxylic acid groups (broad SMARTS) is 2. The van der Waals surface area contributed by atoms with Crippen LogP contribution in [-0.4, -0.2) is 46.4 Å². The number of nitriles is 1. The zero-order valence-electron chi connectivity index (χ0n) is 18.9. The van der Waals surface area contributed by atoms with Crippen molar-refractivity contribution in [3.8, 4) is 17.6 Å². The molecule has 0 saturated heterocycles. The number of aromatic carboxylic acids is 2. The van der Waals surface area contributed by atoms with Gasteiger partial charge in [0.25, 0.3) is 5.56 Å². The number of nitrogens with zero attached hydrogens (tertiary/aromatic N) is 7. The highest BCUT2D eigenvalue weighted by Crippen LogP contribution is 2.35. The summed E-state index contributed by atoms with van der Waals surface area (Å²) in [5, 5.41) is 51.1. The first-order chi connectivity index (χ1) is 15.8. The van der Waals surface area contributed by atoms with Crippen LogP contribution in [0.2, 0.25) is 0 Å². The highest BCUT2D eigenvalue weighted by molar-refractivity contribution is 5.94. The van der Waals surface area contributed by atoms with E-state index >= 15 is 0 Å². The van der Waals surface area contributed by atoms with Gasteiger partial charge in [-0.05, 0) is 18.2 Å². The quantitative estimate of drug-likeness (QED) is 0.477. The largest absolute Gasteiger partial charge is 0.492 e. The van der Waals surface area contributed by atoms with Gasteiger partial charge in [0.1, 0.15) is 11.6 Å². The molecule has 0 fully saturated rings. The summed E-state index contributed by atoms with van der Waals surface area (Å²) in [7, 11) is 2.85. The van der Waals surface area contributed by atoms with Crippen molar-refractivity contribution in [1.82, 2.24) is 19.1 Å². The summed E-state index contributed by atoms with van der Waals surface area (Å²) < 4.78 is 3.34. The van der Waals surface area contributed by atoms with Crippen molar-refractivity contribution < 1.29 is 24.9 Å². The number of azo groups is 1. The smallest absolute Gasteiger partial charge is 0.335 e. The molecule has 1 aromatic carbocycles. The number of benzene rings is 1. The lowest BCUT2D eigenvalue weighted by Gasteiger charge is -2.15. The molecule has 0 unspecified atom stereocenters. The van der Waals surface area contributed by atoms with Crippen molar-refractivity contribution in [2.45, 2.75) is 26.2 Å². The van der Waals surface area contributed by atoms with Gasteiger partial charge in [0.2, 0.25) is 11.6 Å². The Morgan fingerprint density at radius 3 is 2.00 bits per heavy atom. The first-order valence-electron chi connectivity index (χ1n) is 9.80. The Labute approximate surface area is 192 Å². The fourth-order valence-electron chi connectivity index (χ4n) is 3.16. The second kappa shape index (κ2) is 8.32. The van der Waals surface area contributed by atoms with Gasteiger partial charge in [-0.2, -0.15) is 10.4 Å². The molecule has 3 N–H and O–H groups in total. The predicted octanol–water partition coefficient (Wildman–Crippen LogP) is 2.60. The SMILES string of the molecule is Cn1c(O)c(N=Nc2c(C#N)c(C(C)(C)C)nn2-c2cc(C(=O)O)cc(C(=O)O)c2)c(=O)n1C. The second-order valence-electron chi connectivity index (χ2n) is 8.42. The van der Waals surface area contributed by atoms with Gasteiger partial charge >= 0.3 is 11.9 Å². The average molecular weight is 467 g/mol. The Morgan fingerprint density at radius 1 is 1.03 bits per heavy atom. The van der Waals surface area contributed by atoms with Crippen molar-refractivity contribution in [3.05, 3.63) is 50.9 Å². The Morgan fingerprint density at radius 2 is 1.59 bits per heavy atom. The fraction of sp³-hybridized carbons (Fsp3) is 0.286. The maximum atomic E-state index is 12.4. The average Bonchev–Trinajstić information content (AvgIpc) is 3.23. The van der Waals surface area contributed by atoms with Crippen LogP contribution >= 0.6 is 0 Å². The number of hydrogen-bond donors (Lipinski definition) is 3. The first kappa shape index (κ1) is 23.9. The van der Waals surface area contributed by atoms with E-state index in [-0.39, 0.29) is 39.6 Å². The molecule has 3 rings (SSSR count). The molecular formula is C21H21N7O6. The van der Waals surface area contributed by atoms with Crippen LogP contribution < -0.4 is 5.56 Å². The maximum absolute atomic E-state index is 12.4. The maximum Gasteiger partial charge on any atom is 0.335 e. The van der Waals surface area contributed by atoms with Crippen molar-refractivity contribution >= 4 is 23.4 Å². The predicted molar refractivity (Wildman–Crippen MR) is 117 cm³/mol. The Balaban J connectivity index is 2.36. The Kier molecular flexibility index (Phi) is 5.85. The van der Waals surface area contributed by atoms with E-state index in [0.29, 0.717) is 0 Å². The molecule has 0 aliphatic carbocycles. The van der Waals surface area contributed by atoms with Gasteiger partial charge in [0, 0.05) is 19.5 Å². The van der Waals surface area contributed by atoms with Gasteiger partial charge in [0.15, 0.2) is 5.82 Å². The fourth-order valence-corrected chi connectivity index (χ4v) is 3.16. The van der Waals surface area contributed by atoms with E-state index in [4.69, 9.17) is 0 Å². The minimum atomic E-state index is -1.37. The molecule has 0 atom stereocenters. The minimum absolute atomic E-state index is 0.00318. The number of hydrogen-bond acceptors (Lipinski definition) is 8. The number of rotatable bonds is 5. The van der Waals surface area contributed by atoms with Crippen LogP contribution in [0.4, 0.5) is 11.5 Å². The summed E-state index contributed by atoms with van der Waals surface area (Å²) in [6.45, 7) is 5.36. The monoisotopic (exact) mass is 467 g/mol. The van der Waals surface area contributed by atoms with Gasteiger partial charge in [-0.1, -0.05) is 20.8 Å². The number of aromatic nitrogens is 4. The molecule has 0 spiro atoms. The van der Waals surface area contributed by atoms with Crippen LogP contribution in [0.25, 0.3) is 5.69 Å². The van der Waals surface area contributed by atoms with Crippen molar-refractivity contribution in [1.29, 1.82) is 5.26 Å². The molecule has 0 saturated carbocycles. The topological polar surface area (TPSA) is 188 Å². The van der Waals surface area contributed by atoms with Crippen LogP contribution in [0.3, 0.4) is 0 Å². The molecule has 0 bridgehead atoms. The van der Waals surface area contributed by atoms with E-state index in [0.717, 1.165) is 20.1 Å². The van der Waals surface area contributed by atoms with Gasteiger partial charge in [-0.3, -0.25) is 9.48 Å². The van der Waals surface area contributed by atoms with Crippen LogP contribution in [-0.2, 0) is 19.5 Å². The van der Waals surface area contributed by atoms with E-state index in [1.54, 1.807) is 20.8 Å². The summed E-state index contributed by atoms with van der Waals surface area (Å²) in [4.78, 5) is 35.5. The molecule has 0 aliphatic rings. The molecule has 34 heavy (non-hydrogen) atoms. The Hall–Kier alpha value is -4.73. The van der Waals surface area contributed by atoms with Crippen LogP contribution in [0.5, 0.6) is 5.88 Å². The number of carbonyl (C=O) groups is 2. The second-order valence-corrected chi connectivity index (χ2v) is 8.42. The van der Waals surface area contributed by atoms with Crippen molar-refractivity contribution in [3.63, 3.8) is 0 Å². The van der Waals surface area contributed by atoms with E-state index < -0.39 is 28.8 Å². The molecule has 2 heterocycles. The summed E-state index contributed by atoms with van der Waals surface area (Å²) >= 11 is 0. The van der Waals surface area contributed by atoms with Gasteiger partial charge in [-0.25, -0.2) is 19.0 Å². The molecule has 0 radical (unpaired) electrons. The standard InChI is InChI=1S/C21H21N7O6/c1-21(2,3)15-13(9-22)16(24-23-14-17(29)26(4)27(5)18(14)30)28(25-15)12-7-10(19(31)32)6-11(8-12)20(33)34/h6-8,29H,1-5H3,(H,31,32)(H,33,34). The van der Waals surface area contributed by atoms with E-state index in [9.17, 15) is 35.0 Å². The Bertz CT molecular complexity index is 1430. The third-order valence-corrected chi connectivity index (χ3v) is 5.05. The van der Waals surface area contributed by atoms with Crippen molar-refractivity contribution in [2.24, 2.45) is 24.3 Å². The van der Waals surface area contributed by atoms with E-state index in [1.165, 1.54) is 26.2 Å². The lowest BCUT2D eigenvalue weighted by molar-refractivity contribution is 0.0696. The third kappa shape index (κ3) is 4.04. The van der Waals surface area contributed by atoms with Gasteiger partial charge < -0.3 is 15.3 Å². The minimum Gasteiger partial charge on any atom is -0.492 e. The third-order valence-electron chi connectivity index (χ3n) is 5.05. The highest BCUT2D eigenvalue weighted by atomic mass is 16.4. The van der Waals surface area contributed by atoms with E-state index in [2.05, 4.69) is 15.3 Å². The molecule has 2 aromatic heterocycles. The van der Waals surface area contributed by atoms with Gasteiger partial charge in [0.05, 0.1) is 22.5 Å². The molecule has 176 valence electrons. The molecule has 3 aromatic rings. The van der Waals surface area contributed by atoms with Crippen LogP contribution in [0, 0.1) is 11.3 Å². The van der Waals surface area contributed by atoms with Crippen LogP contribution in [0.1, 0.15) is 52.7 Å². The zero-order chi connectivity index (χ0) is 25.5. The summed E-state index contributed by atoms with van der Waals surface area (Å²) in [6, 6.07) is 5.33. The molecular weight excluding hydrogens is 446 g/mol. The summed E-state index contributed by atoms with van der Waals surface area (Å²) in [6.07, 6.45) is 0. The van der Waals surface area contributed by atoms with Gasteiger partial charge in [-0.15, -0.1) is 10.2 Å². The van der Waals surface area contributed by atoms with Crippen molar-refractivity contribution in [2.75, 3.05) is 0 Å². The lowest BCUT2D eigenvalue weighted by Crippen LogP contribution is -2.16. The molecule has 0 amide bonds. The highest BCUT2D eigenvalue weighted by Gasteiger charge is 2.29. The molecule has 13 nitrogen and oxygen atoms in total. The summed E-state index contributed by atoms with van der Waals surface area (Å²) in [5.41, 5.74) is -2.06. The molecule has 0 aliphatic heterocycles. The lowest BCUT2D eigenvalue weighted by atomic mass is 9.90. The zero-order valence-corrected chi connectivity index (χ0v) is 18.9. The van der Waals surface area contributed by atoms with E-state index in [1.807, 2.05) is 6.07 Å². The summed E-state index contributed by atoms with van der Waals surface area (Å²) in [5.74, 6) is -3.36. The normalized spacial score (nSPS) is 11.6. The molecule has 13 heteroatoms. The number of carboxylic acids is 2. The number of aromatic hydroxyl groups is 1.